The average molecular weight is 339 g/mol. The van der Waals surface area contributed by atoms with E-state index in [4.69, 9.17) is 27.9 Å². The first-order chi connectivity index (χ1) is 10.1. The lowest BCUT2D eigenvalue weighted by atomic mass is 10.2. The van der Waals surface area contributed by atoms with E-state index in [0.29, 0.717) is 26.2 Å². The lowest BCUT2D eigenvalue weighted by Gasteiger charge is -2.09. The minimum atomic E-state index is -0.605. The molecule has 0 bridgehead atoms. The molecule has 0 amide bonds. The quantitative estimate of drug-likeness (QED) is 0.530. The first-order valence-electron chi connectivity index (χ1n) is 6.03. The van der Waals surface area contributed by atoms with Gasteiger partial charge in [-0.3, -0.25) is 9.59 Å². The molecular weight excluding hydrogens is 331 g/mol. The Morgan fingerprint density at radius 2 is 1.95 bits per heavy atom. The number of ether oxygens (including phenoxy) is 1. The van der Waals surface area contributed by atoms with E-state index < -0.39 is 5.24 Å². The Morgan fingerprint density at radius 3 is 2.71 bits per heavy atom. The normalized spacial score (nSPS) is 11.0. The van der Waals surface area contributed by atoms with E-state index in [9.17, 15) is 9.59 Å². The monoisotopic (exact) mass is 338 g/mol. The fourth-order valence-electron chi connectivity index (χ4n) is 2.09. The third kappa shape index (κ3) is 2.62. The van der Waals surface area contributed by atoms with E-state index in [1.54, 1.807) is 18.2 Å². The number of halogens is 2. The molecule has 0 unspecified atom stereocenters. The van der Waals surface area contributed by atoms with Crippen LogP contribution in [0.4, 0.5) is 0 Å². The van der Waals surface area contributed by atoms with Crippen LogP contribution < -0.4 is 10.2 Å². The molecule has 3 aromatic rings. The number of hydrogen-bond acceptors (Lipinski definition) is 4. The lowest BCUT2D eigenvalue weighted by molar-refractivity contribution is -0.113. The van der Waals surface area contributed by atoms with E-state index in [2.05, 4.69) is 0 Å². The second kappa shape index (κ2) is 5.64. The maximum atomic E-state index is 12.6. The second-order valence-electron chi connectivity index (χ2n) is 4.32. The van der Waals surface area contributed by atoms with Crippen molar-refractivity contribution in [2.24, 2.45) is 0 Å². The highest BCUT2D eigenvalue weighted by Gasteiger charge is 2.14. The molecule has 0 saturated heterocycles. The van der Waals surface area contributed by atoms with E-state index in [0.717, 1.165) is 4.70 Å². The van der Waals surface area contributed by atoms with E-state index >= 15 is 0 Å². The molecule has 0 spiro atoms. The molecule has 0 saturated carbocycles. The van der Waals surface area contributed by atoms with Crippen LogP contribution in [0, 0.1) is 0 Å². The van der Waals surface area contributed by atoms with Gasteiger partial charge in [0.25, 0.3) is 5.24 Å². The van der Waals surface area contributed by atoms with Gasteiger partial charge in [0.1, 0.15) is 5.75 Å². The van der Waals surface area contributed by atoms with Crippen molar-refractivity contribution in [3.63, 3.8) is 0 Å². The van der Waals surface area contributed by atoms with Crippen molar-refractivity contribution in [2.75, 3.05) is 6.61 Å². The van der Waals surface area contributed by atoms with Crippen LogP contribution in [-0.2, 0) is 4.79 Å². The summed E-state index contributed by atoms with van der Waals surface area (Å²) in [7, 11) is 0. The first kappa shape index (κ1) is 14.3. The number of hydrogen-bond donors (Lipinski definition) is 0. The fourth-order valence-corrected chi connectivity index (χ4v) is 3.61. The minimum Gasteiger partial charge on any atom is -0.483 e. The summed E-state index contributed by atoms with van der Waals surface area (Å²) in [6.45, 7) is -0.258. The summed E-state index contributed by atoms with van der Waals surface area (Å²) in [6.07, 6.45) is 0. The summed E-state index contributed by atoms with van der Waals surface area (Å²) in [6, 6.07) is 10.5. The maximum Gasteiger partial charge on any atom is 0.259 e. The Kier molecular flexibility index (Phi) is 3.85. The van der Waals surface area contributed by atoms with Gasteiger partial charge in [-0.1, -0.05) is 23.7 Å². The molecule has 1 aromatic heterocycles. The highest BCUT2D eigenvalue weighted by Crippen LogP contribution is 2.35. The van der Waals surface area contributed by atoms with Gasteiger partial charge in [-0.05, 0) is 35.9 Å². The topological polar surface area (TPSA) is 43.4 Å². The molecule has 6 heteroatoms. The summed E-state index contributed by atoms with van der Waals surface area (Å²) in [5.41, 5.74) is -0.146. The molecule has 0 aliphatic rings. The summed E-state index contributed by atoms with van der Waals surface area (Å²) in [4.78, 5) is 23.4. The minimum absolute atomic E-state index is 0.146. The summed E-state index contributed by atoms with van der Waals surface area (Å²) in [5.74, 6) is 0.427. The van der Waals surface area contributed by atoms with Crippen molar-refractivity contribution in [1.82, 2.24) is 0 Å². The van der Waals surface area contributed by atoms with Crippen LogP contribution in [0.5, 0.6) is 5.75 Å². The molecule has 1 heterocycles. The summed E-state index contributed by atoms with van der Waals surface area (Å²) >= 11 is 12.8. The van der Waals surface area contributed by atoms with Gasteiger partial charge in [-0.25, -0.2) is 0 Å². The molecule has 21 heavy (non-hydrogen) atoms. The van der Waals surface area contributed by atoms with Crippen LogP contribution >= 0.6 is 34.5 Å². The molecule has 2 aromatic carbocycles. The number of carbonyl (C=O) groups is 1. The van der Waals surface area contributed by atoms with Crippen molar-refractivity contribution < 1.29 is 9.53 Å². The van der Waals surface area contributed by atoms with Gasteiger partial charge in [0.05, 0.1) is 15.1 Å². The molecule has 0 atom stereocenters. The van der Waals surface area contributed by atoms with Crippen LogP contribution in [0.2, 0.25) is 5.02 Å². The van der Waals surface area contributed by atoms with Gasteiger partial charge in [0, 0.05) is 10.1 Å². The van der Waals surface area contributed by atoms with Crippen molar-refractivity contribution in [2.45, 2.75) is 0 Å². The number of benzene rings is 2. The predicted molar refractivity (Wildman–Crippen MR) is 87.0 cm³/mol. The van der Waals surface area contributed by atoms with Crippen molar-refractivity contribution in [3.05, 3.63) is 51.6 Å². The Labute approximate surface area is 133 Å². The molecule has 0 radical (unpaired) electrons. The Balaban J connectivity index is 2.34. The molecule has 0 aliphatic carbocycles. The van der Waals surface area contributed by atoms with Crippen LogP contribution in [0.25, 0.3) is 20.2 Å². The third-order valence-corrected chi connectivity index (χ3v) is 4.59. The number of rotatable bonds is 3. The van der Waals surface area contributed by atoms with Crippen molar-refractivity contribution in [3.8, 4) is 5.75 Å². The molecule has 0 fully saturated rings. The van der Waals surface area contributed by atoms with E-state index in [1.807, 2.05) is 18.2 Å². The van der Waals surface area contributed by atoms with Gasteiger partial charge >= 0.3 is 0 Å². The zero-order chi connectivity index (χ0) is 15.0. The summed E-state index contributed by atoms with van der Waals surface area (Å²) < 4.78 is 6.82. The highest BCUT2D eigenvalue weighted by atomic mass is 35.5. The van der Waals surface area contributed by atoms with Crippen LogP contribution in [0.15, 0.2) is 41.2 Å². The Morgan fingerprint density at radius 1 is 1.19 bits per heavy atom. The smallest absolute Gasteiger partial charge is 0.259 e. The van der Waals surface area contributed by atoms with Gasteiger partial charge in [0.15, 0.2) is 12.0 Å². The predicted octanol–water partition coefficient (Wildman–Crippen LogP) is 4.21. The molecule has 3 rings (SSSR count). The maximum absolute atomic E-state index is 12.6. The van der Waals surface area contributed by atoms with Crippen LogP contribution in [-0.4, -0.2) is 11.8 Å². The standard InChI is InChI=1S/C15H8Cl2O3S/c16-9-5-6-10(20-7-12(17)18)15-13(9)14(19)8-3-1-2-4-11(8)21-15/h1-6H,7H2. The van der Waals surface area contributed by atoms with Crippen LogP contribution in [0.3, 0.4) is 0 Å². The Bertz CT molecular complexity index is 918. The second-order valence-corrected chi connectivity index (χ2v) is 6.20. The molecule has 3 nitrogen and oxygen atoms in total. The average Bonchev–Trinajstić information content (AvgIpc) is 2.46. The van der Waals surface area contributed by atoms with Crippen molar-refractivity contribution >= 4 is 60.0 Å². The molecule has 106 valence electrons. The zero-order valence-electron chi connectivity index (χ0n) is 10.6. The molecule has 0 aliphatic heterocycles. The first-order valence-corrected chi connectivity index (χ1v) is 7.60. The lowest BCUT2D eigenvalue weighted by Crippen LogP contribution is -2.06. The number of carbonyl (C=O) groups excluding carboxylic acids is 1. The largest absolute Gasteiger partial charge is 0.483 e. The van der Waals surface area contributed by atoms with Gasteiger partial charge in [0.2, 0.25) is 0 Å². The summed E-state index contributed by atoms with van der Waals surface area (Å²) in [5, 5.41) is 0.773. The number of fused-ring (bicyclic) bond motifs is 2. The van der Waals surface area contributed by atoms with Crippen LogP contribution in [0.1, 0.15) is 0 Å². The SMILES string of the molecule is O=C(Cl)COc1ccc(Cl)c2c(=O)c3ccccc3sc12. The fraction of sp³-hybridized carbons (Fsp3) is 0.0667. The highest BCUT2D eigenvalue weighted by molar-refractivity contribution is 7.25. The molecule has 0 N–H and O–H groups in total. The van der Waals surface area contributed by atoms with E-state index in [-0.39, 0.29) is 12.0 Å². The van der Waals surface area contributed by atoms with Crippen molar-refractivity contribution in [1.29, 1.82) is 0 Å². The third-order valence-electron chi connectivity index (χ3n) is 2.98. The van der Waals surface area contributed by atoms with E-state index in [1.165, 1.54) is 11.3 Å². The van der Waals surface area contributed by atoms with Gasteiger partial charge in [-0.2, -0.15) is 0 Å². The molecular formula is C15H8Cl2O3S. The van der Waals surface area contributed by atoms with Gasteiger partial charge < -0.3 is 4.74 Å². The van der Waals surface area contributed by atoms with Gasteiger partial charge in [-0.15, -0.1) is 11.3 Å². The Hall–Kier alpha value is -1.62. The zero-order valence-corrected chi connectivity index (χ0v) is 12.9.